The first-order valence-corrected chi connectivity index (χ1v) is 9.09. The SMILES string of the molecule is O=C(Cc1cc(-c2ncc(Cc3cc(F)cc(F)c3)[nH]2)ccn1)c1ccccc1. The van der Waals surface area contributed by atoms with Gasteiger partial charge < -0.3 is 4.98 Å². The Morgan fingerprint density at radius 1 is 0.931 bits per heavy atom. The predicted molar refractivity (Wildman–Crippen MR) is 105 cm³/mol. The molecular weight excluding hydrogens is 372 g/mol. The van der Waals surface area contributed by atoms with E-state index in [4.69, 9.17) is 0 Å². The number of Topliss-reactive ketones (excluding diaryl/α,β-unsaturated/α-hetero) is 1. The van der Waals surface area contributed by atoms with Crippen LogP contribution in [0.1, 0.15) is 27.3 Å². The Hall–Kier alpha value is -3.67. The summed E-state index contributed by atoms with van der Waals surface area (Å²) in [6, 6.07) is 16.1. The van der Waals surface area contributed by atoms with Crippen molar-refractivity contribution >= 4 is 5.78 Å². The van der Waals surface area contributed by atoms with Crippen molar-refractivity contribution in [3.8, 4) is 11.4 Å². The van der Waals surface area contributed by atoms with Crippen molar-refractivity contribution in [1.82, 2.24) is 15.0 Å². The van der Waals surface area contributed by atoms with Gasteiger partial charge in [-0.3, -0.25) is 9.78 Å². The van der Waals surface area contributed by atoms with Crippen LogP contribution >= 0.6 is 0 Å². The number of carbonyl (C=O) groups excluding carboxylic acids is 1. The van der Waals surface area contributed by atoms with E-state index in [2.05, 4.69) is 15.0 Å². The third-order valence-corrected chi connectivity index (χ3v) is 4.47. The van der Waals surface area contributed by atoms with E-state index in [9.17, 15) is 13.6 Å². The minimum atomic E-state index is -0.610. The Labute approximate surface area is 166 Å². The van der Waals surface area contributed by atoms with Gasteiger partial charge in [-0.2, -0.15) is 0 Å². The van der Waals surface area contributed by atoms with Gasteiger partial charge in [0.1, 0.15) is 17.5 Å². The monoisotopic (exact) mass is 389 g/mol. The van der Waals surface area contributed by atoms with E-state index in [1.54, 1.807) is 30.6 Å². The number of nitrogens with one attached hydrogen (secondary N) is 1. The zero-order valence-electron chi connectivity index (χ0n) is 15.4. The topological polar surface area (TPSA) is 58.6 Å². The predicted octanol–water partition coefficient (Wildman–Crippen LogP) is 4.77. The van der Waals surface area contributed by atoms with E-state index in [0.717, 1.165) is 17.3 Å². The molecule has 0 aliphatic rings. The summed E-state index contributed by atoms with van der Waals surface area (Å²) in [7, 11) is 0. The first kappa shape index (κ1) is 18.7. The second-order valence-electron chi connectivity index (χ2n) is 6.71. The van der Waals surface area contributed by atoms with E-state index in [0.29, 0.717) is 29.1 Å². The minimum Gasteiger partial charge on any atom is -0.342 e. The number of H-pyrrole nitrogens is 1. The van der Waals surface area contributed by atoms with Gasteiger partial charge >= 0.3 is 0 Å². The lowest BCUT2D eigenvalue weighted by atomic mass is 10.1. The molecule has 29 heavy (non-hydrogen) atoms. The highest BCUT2D eigenvalue weighted by atomic mass is 19.1. The van der Waals surface area contributed by atoms with Crippen molar-refractivity contribution < 1.29 is 13.6 Å². The van der Waals surface area contributed by atoms with Crippen molar-refractivity contribution in [2.75, 3.05) is 0 Å². The van der Waals surface area contributed by atoms with E-state index < -0.39 is 11.6 Å². The molecule has 2 aromatic heterocycles. The third kappa shape index (κ3) is 4.60. The van der Waals surface area contributed by atoms with Gasteiger partial charge in [-0.25, -0.2) is 13.8 Å². The molecule has 2 heterocycles. The summed E-state index contributed by atoms with van der Waals surface area (Å²) in [5.41, 5.74) is 3.31. The number of aromatic amines is 1. The first-order chi connectivity index (χ1) is 14.1. The molecule has 0 amide bonds. The van der Waals surface area contributed by atoms with E-state index in [1.807, 2.05) is 24.3 Å². The summed E-state index contributed by atoms with van der Waals surface area (Å²) < 4.78 is 26.7. The zero-order chi connectivity index (χ0) is 20.2. The molecule has 0 aliphatic carbocycles. The maximum atomic E-state index is 13.4. The van der Waals surface area contributed by atoms with Crippen LogP contribution in [0.25, 0.3) is 11.4 Å². The summed E-state index contributed by atoms with van der Waals surface area (Å²) in [6.07, 6.45) is 3.78. The number of hydrogen-bond donors (Lipinski definition) is 1. The molecule has 4 aromatic rings. The molecule has 0 atom stereocenters. The number of halogens is 2. The fourth-order valence-corrected chi connectivity index (χ4v) is 3.14. The maximum Gasteiger partial charge on any atom is 0.168 e. The van der Waals surface area contributed by atoms with Crippen molar-refractivity contribution in [2.45, 2.75) is 12.8 Å². The van der Waals surface area contributed by atoms with Crippen LogP contribution in [-0.4, -0.2) is 20.7 Å². The Balaban J connectivity index is 1.51. The van der Waals surface area contributed by atoms with Crippen molar-refractivity contribution in [3.05, 3.63) is 107 Å². The molecule has 4 nitrogen and oxygen atoms in total. The van der Waals surface area contributed by atoms with Gasteiger partial charge in [-0.05, 0) is 29.8 Å². The van der Waals surface area contributed by atoms with E-state index in [-0.39, 0.29) is 12.2 Å². The zero-order valence-corrected chi connectivity index (χ0v) is 15.4. The molecule has 6 heteroatoms. The standard InChI is InChI=1S/C23H17F2N3O/c24-18-8-15(9-19(25)12-18)10-21-14-27-23(28-21)17-6-7-26-20(11-17)13-22(29)16-4-2-1-3-5-16/h1-9,11-12,14H,10,13H2,(H,27,28). The lowest BCUT2D eigenvalue weighted by molar-refractivity contribution is 0.0992. The molecule has 2 aromatic carbocycles. The lowest BCUT2D eigenvalue weighted by Gasteiger charge is -2.03. The Morgan fingerprint density at radius 2 is 1.69 bits per heavy atom. The number of ketones is 1. The highest BCUT2D eigenvalue weighted by molar-refractivity contribution is 5.97. The molecule has 0 radical (unpaired) electrons. The Morgan fingerprint density at radius 3 is 2.45 bits per heavy atom. The van der Waals surface area contributed by atoms with Crippen LogP contribution in [0.2, 0.25) is 0 Å². The average molecular weight is 389 g/mol. The number of benzene rings is 2. The first-order valence-electron chi connectivity index (χ1n) is 9.09. The number of imidazole rings is 1. The van der Waals surface area contributed by atoms with Crippen LogP contribution < -0.4 is 0 Å². The highest BCUT2D eigenvalue weighted by Gasteiger charge is 2.11. The summed E-state index contributed by atoms with van der Waals surface area (Å²) in [5, 5.41) is 0. The van der Waals surface area contributed by atoms with Gasteiger partial charge in [0.2, 0.25) is 0 Å². The molecule has 0 unspecified atom stereocenters. The second kappa shape index (κ2) is 8.14. The van der Waals surface area contributed by atoms with Gasteiger partial charge in [-0.1, -0.05) is 30.3 Å². The van der Waals surface area contributed by atoms with Crippen molar-refractivity contribution in [2.24, 2.45) is 0 Å². The number of hydrogen-bond acceptors (Lipinski definition) is 3. The fraction of sp³-hybridized carbons (Fsp3) is 0.0870. The molecule has 1 N–H and O–H groups in total. The van der Waals surface area contributed by atoms with Crippen LogP contribution in [0.15, 0.2) is 73.1 Å². The molecule has 0 aliphatic heterocycles. The summed E-state index contributed by atoms with van der Waals surface area (Å²) in [5.74, 6) is -0.626. The van der Waals surface area contributed by atoms with Crippen LogP contribution in [0.4, 0.5) is 8.78 Å². The largest absolute Gasteiger partial charge is 0.342 e. The molecule has 0 fully saturated rings. The van der Waals surface area contributed by atoms with Gasteiger partial charge in [-0.15, -0.1) is 0 Å². The maximum absolute atomic E-state index is 13.4. The van der Waals surface area contributed by atoms with Gasteiger partial charge in [0, 0.05) is 47.4 Å². The molecule has 0 saturated heterocycles. The average Bonchev–Trinajstić information content (AvgIpc) is 3.16. The molecule has 144 valence electrons. The number of nitrogens with zero attached hydrogens (tertiary/aromatic N) is 2. The summed E-state index contributed by atoms with van der Waals surface area (Å²) in [4.78, 5) is 24.2. The van der Waals surface area contributed by atoms with E-state index in [1.165, 1.54) is 12.1 Å². The highest BCUT2D eigenvalue weighted by Crippen LogP contribution is 2.19. The van der Waals surface area contributed by atoms with Crippen molar-refractivity contribution in [3.63, 3.8) is 0 Å². The number of rotatable bonds is 6. The smallest absolute Gasteiger partial charge is 0.168 e. The van der Waals surface area contributed by atoms with Crippen LogP contribution in [0.3, 0.4) is 0 Å². The number of pyridine rings is 1. The Bertz CT molecular complexity index is 1140. The minimum absolute atomic E-state index is 0.0106. The third-order valence-electron chi connectivity index (χ3n) is 4.47. The molecule has 0 bridgehead atoms. The molecule has 0 spiro atoms. The van der Waals surface area contributed by atoms with Gasteiger partial charge in [0.25, 0.3) is 0 Å². The number of aromatic nitrogens is 3. The second-order valence-corrected chi connectivity index (χ2v) is 6.71. The van der Waals surface area contributed by atoms with Crippen molar-refractivity contribution in [1.29, 1.82) is 0 Å². The molecular formula is C23H17F2N3O. The number of carbonyl (C=O) groups is 1. The fourth-order valence-electron chi connectivity index (χ4n) is 3.14. The summed E-state index contributed by atoms with van der Waals surface area (Å²) in [6.45, 7) is 0. The lowest BCUT2D eigenvalue weighted by Crippen LogP contribution is -2.05. The van der Waals surface area contributed by atoms with Crippen LogP contribution in [0, 0.1) is 11.6 Å². The summed E-state index contributed by atoms with van der Waals surface area (Å²) >= 11 is 0. The van der Waals surface area contributed by atoms with Crippen LogP contribution in [0.5, 0.6) is 0 Å². The quantitative estimate of drug-likeness (QED) is 0.484. The molecule has 0 saturated carbocycles. The van der Waals surface area contributed by atoms with E-state index >= 15 is 0 Å². The Kier molecular flexibility index (Phi) is 5.24. The van der Waals surface area contributed by atoms with Gasteiger partial charge in [0.15, 0.2) is 5.78 Å². The van der Waals surface area contributed by atoms with Crippen LogP contribution in [-0.2, 0) is 12.8 Å². The van der Waals surface area contributed by atoms with Gasteiger partial charge in [0.05, 0.1) is 6.42 Å². The normalized spacial score (nSPS) is 10.8. The molecule has 4 rings (SSSR count).